The van der Waals surface area contributed by atoms with E-state index in [4.69, 9.17) is 10.5 Å². The summed E-state index contributed by atoms with van der Waals surface area (Å²) < 4.78 is 5.73. The van der Waals surface area contributed by atoms with Gasteiger partial charge in [0.25, 0.3) is 0 Å². The molecule has 1 aromatic heterocycles. The van der Waals surface area contributed by atoms with E-state index in [1.807, 2.05) is 11.3 Å². The Kier molecular flexibility index (Phi) is 3.67. The monoisotopic (exact) mass is 239 g/mol. The summed E-state index contributed by atoms with van der Waals surface area (Å²) in [5.41, 5.74) is 7.76. The Hall–Kier alpha value is -0.380. The van der Waals surface area contributed by atoms with E-state index < -0.39 is 0 Å². The molecule has 2 nitrogen and oxygen atoms in total. The minimum absolute atomic E-state index is 0.158. The fourth-order valence-electron chi connectivity index (χ4n) is 2.68. The zero-order valence-corrected chi connectivity index (χ0v) is 11.1. The van der Waals surface area contributed by atoms with Gasteiger partial charge in [0.2, 0.25) is 0 Å². The lowest BCUT2D eigenvalue weighted by molar-refractivity contribution is 0.0816. The molecule has 0 radical (unpaired) electrons. The molecular weight excluding hydrogens is 218 g/mol. The third-order valence-corrected chi connectivity index (χ3v) is 4.76. The molecule has 90 valence electrons. The van der Waals surface area contributed by atoms with Crippen LogP contribution < -0.4 is 5.73 Å². The summed E-state index contributed by atoms with van der Waals surface area (Å²) in [5.74, 6) is 0.502. The van der Waals surface area contributed by atoms with Crippen molar-refractivity contribution in [2.75, 3.05) is 6.61 Å². The first-order valence-corrected chi connectivity index (χ1v) is 6.89. The van der Waals surface area contributed by atoms with E-state index in [1.165, 1.54) is 15.3 Å². The number of aryl methyl sites for hydroxylation is 2. The van der Waals surface area contributed by atoms with Crippen LogP contribution >= 0.6 is 11.3 Å². The molecule has 1 fully saturated rings. The standard InChI is InChI=1S/C13H21NOS/c1-4-11-10(5-6-15-11)12(14)13-8(2)7-9(3)16-13/h7,10-12H,4-6,14H2,1-3H3. The topological polar surface area (TPSA) is 35.2 Å². The molecule has 2 heterocycles. The van der Waals surface area contributed by atoms with Crippen molar-refractivity contribution in [3.63, 3.8) is 0 Å². The predicted molar refractivity (Wildman–Crippen MR) is 68.9 cm³/mol. The molecule has 0 bridgehead atoms. The van der Waals surface area contributed by atoms with Gasteiger partial charge in [0.15, 0.2) is 0 Å². The highest BCUT2D eigenvalue weighted by Crippen LogP contribution is 2.37. The lowest BCUT2D eigenvalue weighted by atomic mass is 9.90. The number of hydrogen-bond donors (Lipinski definition) is 1. The van der Waals surface area contributed by atoms with Crippen LogP contribution in [0, 0.1) is 19.8 Å². The number of thiophene rings is 1. The Morgan fingerprint density at radius 1 is 1.56 bits per heavy atom. The molecule has 1 saturated heterocycles. The summed E-state index contributed by atoms with van der Waals surface area (Å²) in [7, 11) is 0. The van der Waals surface area contributed by atoms with Crippen molar-refractivity contribution in [1.82, 2.24) is 0 Å². The fourth-order valence-corrected chi connectivity index (χ4v) is 3.79. The van der Waals surface area contributed by atoms with Gasteiger partial charge in [0, 0.05) is 28.3 Å². The maximum atomic E-state index is 6.41. The van der Waals surface area contributed by atoms with Gasteiger partial charge in [-0.05, 0) is 38.3 Å². The van der Waals surface area contributed by atoms with E-state index in [0.717, 1.165) is 19.4 Å². The summed E-state index contributed by atoms with van der Waals surface area (Å²) in [5, 5.41) is 0. The number of hydrogen-bond acceptors (Lipinski definition) is 3. The van der Waals surface area contributed by atoms with Gasteiger partial charge in [-0.2, -0.15) is 0 Å². The van der Waals surface area contributed by atoms with Crippen molar-refractivity contribution in [3.05, 3.63) is 21.4 Å². The Bertz CT molecular complexity index is 361. The average molecular weight is 239 g/mol. The number of ether oxygens (including phenoxy) is 1. The predicted octanol–water partition coefficient (Wildman–Crippen LogP) is 3.18. The van der Waals surface area contributed by atoms with Gasteiger partial charge in [-0.1, -0.05) is 6.92 Å². The van der Waals surface area contributed by atoms with Gasteiger partial charge in [-0.3, -0.25) is 0 Å². The molecule has 16 heavy (non-hydrogen) atoms. The van der Waals surface area contributed by atoms with E-state index in [9.17, 15) is 0 Å². The fraction of sp³-hybridized carbons (Fsp3) is 0.692. The normalized spacial score (nSPS) is 27.2. The molecule has 0 saturated carbocycles. The molecule has 1 aliphatic rings. The quantitative estimate of drug-likeness (QED) is 0.879. The van der Waals surface area contributed by atoms with Crippen LogP contribution in [-0.4, -0.2) is 12.7 Å². The van der Waals surface area contributed by atoms with E-state index in [2.05, 4.69) is 26.8 Å². The largest absolute Gasteiger partial charge is 0.378 e. The zero-order valence-electron chi connectivity index (χ0n) is 10.3. The van der Waals surface area contributed by atoms with Gasteiger partial charge in [0.1, 0.15) is 0 Å². The van der Waals surface area contributed by atoms with Crippen LogP contribution in [0.1, 0.15) is 41.1 Å². The van der Waals surface area contributed by atoms with E-state index in [1.54, 1.807) is 0 Å². The maximum absolute atomic E-state index is 6.41. The molecule has 0 aromatic carbocycles. The smallest absolute Gasteiger partial charge is 0.0619 e. The molecule has 0 spiro atoms. The zero-order chi connectivity index (χ0) is 11.7. The lowest BCUT2D eigenvalue weighted by Crippen LogP contribution is -2.27. The highest BCUT2D eigenvalue weighted by molar-refractivity contribution is 7.12. The minimum atomic E-state index is 0.158. The van der Waals surface area contributed by atoms with Crippen molar-refractivity contribution in [2.24, 2.45) is 11.7 Å². The molecule has 0 amide bonds. The van der Waals surface area contributed by atoms with Crippen LogP contribution in [0.25, 0.3) is 0 Å². The number of rotatable bonds is 3. The Morgan fingerprint density at radius 3 is 2.88 bits per heavy atom. The first-order valence-electron chi connectivity index (χ1n) is 6.07. The molecule has 1 aliphatic heterocycles. The van der Waals surface area contributed by atoms with Gasteiger partial charge in [0.05, 0.1) is 6.10 Å². The average Bonchev–Trinajstić information content (AvgIpc) is 2.83. The van der Waals surface area contributed by atoms with Crippen LogP contribution in [0.2, 0.25) is 0 Å². The first kappa shape index (κ1) is 12.1. The molecule has 3 unspecified atom stereocenters. The van der Waals surface area contributed by atoms with Crippen LogP contribution in [0.3, 0.4) is 0 Å². The molecule has 1 aromatic rings. The molecular formula is C13H21NOS. The number of nitrogens with two attached hydrogens (primary N) is 1. The molecule has 2 rings (SSSR count). The summed E-state index contributed by atoms with van der Waals surface area (Å²) in [6, 6.07) is 2.39. The van der Waals surface area contributed by atoms with E-state index in [0.29, 0.717) is 12.0 Å². The Balaban J connectivity index is 2.18. The Labute approximate surface area is 102 Å². The second-order valence-electron chi connectivity index (χ2n) is 4.70. The van der Waals surface area contributed by atoms with Crippen LogP contribution in [-0.2, 0) is 4.74 Å². The summed E-state index contributed by atoms with van der Waals surface area (Å²) in [6.45, 7) is 7.37. The van der Waals surface area contributed by atoms with Gasteiger partial charge >= 0.3 is 0 Å². The summed E-state index contributed by atoms with van der Waals surface area (Å²) in [4.78, 5) is 2.71. The first-order chi connectivity index (χ1) is 7.63. The lowest BCUT2D eigenvalue weighted by Gasteiger charge is -2.23. The van der Waals surface area contributed by atoms with Crippen molar-refractivity contribution in [3.8, 4) is 0 Å². The Morgan fingerprint density at radius 2 is 2.31 bits per heavy atom. The van der Waals surface area contributed by atoms with Gasteiger partial charge in [-0.15, -0.1) is 11.3 Å². The van der Waals surface area contributed by atoms with Gasteiger partial charge in [-0.25, -0.2) is 0 Å². The van der Waals surface area contributed by atoms with Crippen LogP contribution in [0.5, 0.6) is 0 Å². The highest BCUT2D eigenvalue weighted by Gasteiger charge is 2.33. The molecule has 3 atom stereocenters. The van der Waals surface area contributed by atoms with Crippen molar-refractivity contribution >= 4 is 11.3 Å². The van der Waals surface area contributed by atoms with Crippen molar-refractivity contribution < 1.29 is 4.74 Å². The summed E-state index contributed by atoms with van der Waals surface area (Å²) >= 11 is 1.84. The third-order valence-electron chi connectivity index (χ3n) is 3.51. The summed E-state index contributed by atoms with van der Waals surface area (Å²) in [6.07, 6.45) is 2.54. The van der Waals surface area contributed by atoms with E-state index in [-0.39, 0.29) is 6.04 Å². The molecule has 0 aliphatic carbocycles. The third kappa shape index (κ3) is 2.17. The van der Waals surface area contributed by atoms with Crippen LogP contribution in [0.15, 0.2) is 6.07 Å². The van der Waals surface area contributed by atoms with Crippen molar-refractivity contribution in [2.45, 2.75) is 45.8 Å². The van der Waals surface area contributed by atoms with E-state index >= 15 is 0 Å². The highest BCUT2D eigenvalue weighted by atomic mass is 32.1. The second kappa shape index (κ2) is 4.86. The second-order valence-corrected chi connectivity index (χ2v) is 5.99. The van der Waals surface area contributed by atoms with Crippen LogP contribution in [0.4, 0.5) is 0 Å². The minimum Gasteiger partial charge on any atom is -0.378 e. The van der Waals surface area contributed by atoms with Crippen molar-refractivity contribution in [1.29, 1.82) is 0 Å². The molecule has 2 N–H and O–H groups in total. The molecule has 3 heteroatoms. The maximum Gasteiger partial charge on any atom is 0.0619 e. The SMILES string of the molecule is CCC1OCCC1C(N)c1sc(C)cc1C. The van der Waals surface area contributed by atoms with Gasteiger partial charge < -0.3 is 10.5 Å².